The summed E-state index contributed by atoms with van der Waals surface area (Å²) in [5.41, 5.74) is 6.06. The molecule has 3 aromatic rings. The van der Waals surface area contributed by atoms with E-state index in [1.54, 1.807) is 36.4 Å². The molecule has 0 aromatic heterocycles. The van der Waals surface area contributed by atoms with Crippen LogP contribution in [0.25, 0.3) is 12.2 Å². The summed E-state index contributed by atoms with van der Waals surface area (Å²) in [7, 11) is 0. The maximum atomic E-state index is 13.3. The van der Waals surface area contributed by atoms with E-state index in [4.69, 9.17) is 67.5 Å². The molecule has 0 saturated heterocycles. The minimum Gasteiger partial charge on any atom is -0.502 e. The third kappa shape index (κ3) is 27.3. The van der Waals surface area contributed by atoms with Crippen molar-refractivity contribution in [3.8, 4) is 23.0 Å². The molecule has 0 heterocycles. The molecule has 0 aliphatic heterocycles. The molecule has 0 aliphatic carbocycles. The summed E-state index contributed by atoms with van der Waals surface area (Å²) in [5.74, 6) is 0.428. The van der Waals surface area contributed by atoms with Crippen LogP contribution in [0.4, 0.5) is 0 Å². The third-order valence-corrected chi connectivity index (χ3v) is 11.1. The number of aryl methyl sites for hydroxylation is 2. The maximum Gasteiger partial charge on any atom is 0.336 e. The lowest BCUT2D eigenvalue weighted by molar-refractivity contribution is -0.248. The molecule has 16 nitrogen and oxygen atoms in total. The Labute approximate surface area is 449 Å². The highest BCUT2D eigenvalue weighted by atomic mass is 17.2. The van der Waals surface area contributed by atoms with Crippen LogP contribution in [0.1, 0.15) is 110 Å². The Hall–Kier alpha value is -7.24. The van der Waals surface area contributed by atoms with Gasteiger partial charge in [-0.15, -0.1) is 0 Å². The van der Waals surface area contributed by atoms with E-state index in [1.165, 1.54) is 60.9 Å². The number of unbranched alkanes of at least 4 members (excludes halogenated alkanes) is 6. The quantitative estimate of drug-likeness (QED) is 0.00997. The Kier molecular flexibility index (Phi) is 34.9. The molecule has 0 spiro atoms. The molecule has 0 radical (unpaired) electrons. The lowest BCUT2D eigenvalue weighted by Gasteiger charge is -2.19. The number of carbonyl (C=O) groups is 2. The number of rotatable bonds is 48. The van der Waals surface area contributed by atoms with Gasteiger partial charge >= 0.3 is 11.9 Å². The van der Waals surface area contributed by atoms with Crippen LogP contribution >= 0.6 is 0 Å². The predicted molar refractivity (Wildman–Crippen MR) is 291 cm³/mol. The van der Waals surface area contributed by atoms with E-state index in [0.29, 0.717) is 82.8 Å². The summed E-state index contributed by atoms with van der Waals surface area (Å²) in [6.07, 6.45) is 26.3. The van der Waals surface area contributed by atoms with Gasteiger partial charge in [0, 0.05) is 17.7 Å². The first kappa shape index (κ1) is 63.1. The van der Waals surface area contributed by atoms with Crippen molar-refractivity contribution in [2.45, 2.75) is 103 Å². The smallest absolute Gasteiger partial charge is 0.336 e. The highest BCUT2D eigenvalue weighted by Gasteiger charge is 2.18. The van der Waals surface area contributed by atoms with Crippen LogP contribution in [0.2, 0.25) is 0 Å². The van der Waals surface area contributed by atoms with E-state index in [0.717, 1.165) is 107 Å². The second-order valence-corrected chi connectivity index (χ2v) is 16.6. The van der Waals surface area contributed by atoms with E-state index in [2.05, 4.69) is 45.5 Å². The van der Waals surface area contributed by atoms with Gasteiger partial charge in [-0.3, -0.25) is 0 Å². The van der Waals surface area contributed by atoms with Crippen molar-refractivity contribution in [1.29, 1.82) is 0 Å². The monoisotopic (exact) mass is 1050 g/mol. The van der Waals surface area contributed by atoms with E-state index in [1.807, 2.05) is 18.2 Å². The summed E-state index contributed by atoms with van der Waals surface area (Å²) < 4.78 is 34.7. The molecule has 0 fully saturated rings. The van der Waals surface area contributed by atoms with Gasteiger partial charge < -0.3 is 48.0 Å². The molecule has 3 aromatic carbocycles. The number of hydrogen-bond acceptors (Lipinski definition) is 16. The van der Waals surface area contributed by atoms with Crippen LogP contribution in [0.5, 0.6) is 23.0 Å². The van der Waals surface area contributed by atoms with Crippen molar-refractivity contribution < 1.29 is 77.1 Å². The molecule has 76 heavy (non-hydrogen) atoms. The molecule has 0 unspecified atom stereocenters. The van der Waals surface area contributed by atoms with Gasteiger partial charge in [0.15, 0.2) is 11.5 Å². The molecule has 3 rings (SSSR count). The number of ether oxygens (including phenoxy) is 6. The van der Waals surface area contributed by atoms with Crippen LogP contribution in [0.15, 0.2) is 138 Å². The van der Waals surface area contributed by atoms with Gasteiger partial charge in [0.25, 0.3) is 0 Å². The summed E-state index contributed by atoms with van der Waals surface area (Å²) in [5, 5.41) is 0. The zero-order valence-corrected chi connectivity index (χ0v) is 44.1. The first-order valence-corrected chi connectivity index (χ1v) is 25.9. The molecule has 0 amide bonds. The van der Waals surface area contributed by atoms with Crippen molar-refractivity contribution in [3.63, 3.8) is 0 Å². The normalized spacial score (nSPS) is 10.8. The zero-order valence-electron chi connectivity index (χ0n) is 44.1. The van der Waals surface area contributed by atoms with Crippen LogP contribution in [0, 0.1) is 0 Å². The fraction of sp³-hybridized carbons (Fsp3) is 0.400. The van der Waals surface area contributed by atoms with Crippen LogP contribution in [0.3, 0.4) is 0 Å². The van der Waals surface area contributed by atoms with Gasteiger partial charge in [-0.2, -0.15) is 19.6 Å². The number of esters is 2. The van der Waals surface area contributed by atoms with Crippen molar-refractivity contribution >= 4 is 24.1 Å². The van der Waals surface area contributed by atoms with E-state index >= 15 is 0 Å². The molecular formula is C60H78O16. The standard InChI is InChI=1S/C60H78O16/c1-7-63-41-21-23-43-65-59-51(26-14-18-46-72-68-10-4)31-32-52(60(59)66-44-24-22-42-64-8-2)34-40-58(62)76-54-37-35-53(36-38-54)75-57(61)39-33-50-30-29-49(25-13-17-45-71-67-9-3)55(27-15-19-47-73-69-11-5)56(50)28-16-20-48-74-70-12-6/h7-12,29-40H,1-6,13-28,41-48H2/b39-33+,40-34+. The molecule has 414 valence electrons. The van der Waals surface area contributed by atoms with Crippen LogP contribution in [-0.2, 0) is 83.8 Å². The average molecular weight is 1060 g/mol. The lowest BCUT2D eigenvalue weighted by atomic mass is 9.87. The second-order valence-electron chi connectivity index (χ2n) is 16.6. The topological polar surface area (TPSA) is 163 Å². The van der Waals surface area contributed by atoms with Crippen molar-refractivity contribution in [3.05, 3.63) is 171 Å². The SMILES string of the molecule is C=COCCCCOc1c(/C=C/C(=O)Oc2ccc(OC(=O)/C=C/c3ccc(CCCCOOC=C)c(CCCCOOC=C)c3CCCCOOC=C)cc2)ccc(CCCCOOC=C)c1OCCCCOC=C. The maximum absolute atomic E-state index is 13.3. The highest BCUT2D eigenvalue weighted by Crippen LogP contribution is 2.38. The minimum absolute atomic E-state index is 0.251. The molecule has 0 saturated carbocycles. The van der Waals surface area contributed by atoms with Crippen molar-refractivity contribution in [1.82, 2.24) is 0 Å². The molecule has 0 N–H and O–H groups in total. The summed E-state index contributed by atoms with van der Waals surface area (Å²) in [4.78, 5) is 66.4. The fourth-order valence-electron chi connectivity index (χ4n) is 7.56. The third-order valence-electron chi connectivity index (χ3n) is 11.1. The summed E-state index contributed by atoms with van der Waals surface area (Å²) in [6.45, 7) is 24.7. The summed E-state index contributed by atoms with van der Waals surface area (Å²) >= 11 is 0. The first-order chi connectivity index (χ1) is 37.4. The highest BCUT2D eigenvalue weighted by molar-refractivity contribution is 5.90. The Morgan fingerprint density at radius 3 is 1.22 bits per heavy atom. The van der Waals surface area contributed by atoms with E-state index in [9.17, 15) is 9.59 Å². The Bertz CT molecular complexity index is 2060. The van der Waals surface area contributed by atoms with Gasteiger partial charge in [-0.25, -0.2) is 9.59 Å². The molecular weight excluding hydrogens is 977 g/mol. The largest absolute Gasteiger partial charge is 0.502 e. The van der Waals surface area contributed by atoms with E-state index in [-0.39, 0.29) is 11.5 Å². The number of benzene rings is 3. The molecule has 16 heteroatoms. The average Bonchev–Trinajstić information content (AvgIpc) is 3.43. The Morgan fingerprint density at radius 2 is 0.750 bits per heavy atom. The van der Waals surface area contributed by atoms with Crippen molar-refractivity contribution in [2.75, 3.05) is 52.9 Å². The van der Waals surface area contributed by atoms with Gasteiger partial charge in [0.2, 0.25) is 0 Å². The van der Waals surface area contributed by atoms with E-state index < -0.39 is 11.9 Å². The molecule has 0 bridgehead atoms. The second kappa shape index (κ2) is 42.0. The zero-order chi connectivity index (χ0) is 54.5. The Balaban J connectivity index is 1.79. The first-order valence-electron chi connectivity index (χ1n) is 25.9. The minimum atomic E-state index is -0.628. The predicted octanol–water partition coefficient (Wildman–Crippen LogP) is 13.2. The lowest BCUT2D eigenvalue weighted by Crippen LogP contribution is -2.08. The van der Waals surface area contributed by atoms with Gasteiger partial charge in [-0.1, -0.05) is 63.7 Å². The number of hydrogen-bond donors (Lipinski definition) is 0. The van der Waals surface area contributed by atoms with Gasteiger partial charge in [0.05, 0.1) is 65.4 Å². The Morgan fingerprint density at radius 1 is 0.368 bits per heavy atom. The van der Waals surface area contributed by atoms with Crippen LogP contribution in [-0.4, -0.2) is 64.8 Å². The number of carbonyl (C=O) groups excluding carboxylic acids is 2. The fourth-order valence-corrected chi connectivity index (χ4v) is 7.56. The molecule has 0 aliphatic rings. The van der Waals surface area contributed by atoms with Gasteiger partial charge in [-0.05, 0) is 167 Å². The summed E-state index contributed by atoms with van der Waals surface area (Å²) in [6, 6.07) is 14.2. The van der Waals surface area contributed by atoms with Crippen LogP contribution < -0.4 is 18.9 Å². The van der Waals surface area contributed by atoms with Crippen molar-refractivity contribution in [2.24, 2.45) is 0 Å². The molecule has 0 atom stereocenters. The van der Waals surface area contributed by atoms with Gasteiger partial charge in [0.1, 0.15) is 36.5 Å².